The average molecular weight is 490 g/mol. The zero-order valence-electron chi connectivity index (χ0n) is 21.2. The number of nitrogens with zero attached hydrogens (tertiary/aromatic N) is 1. The van der Waals surface area contributed by atoms with Gasteiger partial charge in [0.25, 0.3) is 0 Å². The van der Waals surface area contributed by atoms with Crippen LogP contribution in [0.4, 0.5) is 0 Å². The quantitative estimate of drug-likeness (QED) is 0.268. The van der Waals surface area contributed by atoms with Gasteiger partial charge < -0.3 is 5.11 Å². The molecule has 1 aliphatic carbocycles. The minimum atomic E-state index is 0.303. The highest BCUT2D eigenvalue weighted by molar-refractivity contribution is 6.12. The first-order valence-electron chi connectivity index (χ1n) is 12.8. The Hall–Kier alpha value is -4.95. The van der Waals surface area contributed by atoms with Crippen LogP contribution in [0.2, 0.25) is 0 Å². The van der Waals surface area contributed by atoms with E-state index in [9.17, 15) is 5.11 Å². The van der Waals surface area contributed by atoms with Crippen LogP contribution in [0.25, 0.3) is 16.7 Å². The minimum absolute atomic E-state index is 0.303. The summed E-state index contributed by atoms with van der Waals surface area (Å²) >= 11 is 0. The van der Waals surface area contributed by atoms with E-state index in [-0.39, 0.29) is 0 Å². The van der Waals surface area contributed by atoms with Crippen molar-refractivity contribution in [3.05, 3.63) is 190 Å². The van der Waals surface area contributed by atoms with Crippen LogP contribution in [0.5, 0.6) is 0 Å². The number of hydrogen-bond donors (Lipinski definition) is 1. The Balaban J connectivity index is 1.78. The van der Waals surface area contributed by atoms with E-state index < -0.39 is 0 Å². The largest absolute Gasteiger partial charge is 0.507 e. The second-order valence-electron chi connectivity index (χ2n) is 9.37. The van der Waals surface area contributed by atoms with Gasteiger partial charge in [0.05, 0.1) is 0 Å². The number of aromatic nitrogens is 1. The predicted molar refractivity (Wildman–Crippen MR) is 156 cm³/mol. The molecule has 6 rings (SSSR count). The molecule has 4 aromatic carbocycles. The molecule has 1 aliphatic rings. The molecule has 0 spiro atoms. The van der Waals surface area contributed by atoms with Gasteiger partial charge in [-0.1, -0.05) is 121 Å². The molecule has 0 bridgehead atoms. The lowest BCUT2D eigenvalue weighted by atomic mass is 9.70. The fourth-order valence-electron chi connectivity index (χ4n) is 5.23. The van der Waals surface area contributed by atoms with E-state index in [1.165, 1.54) is 0 Å². The summed E-state index contributed by atoms with van der Waals surface area (Å²) in [5.41, 5.74) is 11.0. The lowest BCUT2D eigenvalue weighted by Crippen LogP contribution is -2.17. The molecule has 0 saturated heterocycles. The summed E-state index contributed by atoms with van der Waals surface area (Å²) in [6.07, 6.45) is 1.81. The first-order chi connectivity index (χ1) is 18.7. The summed E-state index contributed by atoms with van der Waals surface area (Å²) in [5, 5.41) is 11.9. The molecule has 0 aliphatic heterocycles. The van der Waals surface area contributed by atoms with Crippen molar-refractivity contribution in [2.75, 3.05) is 0 Å². The second kappa shape index (κ2) is 10.2. The van der Waals surface area contributed by atoms with Crippen LogP contribution in [0, 0.1) is 6.92 Å². The van der Waals surface area contributed by atoms with Gasteiger partial charge in [-0.2, -0.15) is 0 Å². The summed E-state index contributed by atoms with van der Waals surface area (Å²) in [7, 11) is 0. The Morgan fingerprint density at radius 1 is 0.526 bits per heavy atom. The highest BCUT2D eigenvalue weighted by Gasteiger charge is 2.37. The van der Waals surface area contributed by atoms with E-state index in [4.69, 9.17) is 0 Å². The van der Waals surface area contributed by atoms with Crippen molar-refractivity contribution in [1.29, 1.82) is 0 Å². The number of allylic oxidation sites excluding steroid dienone is 2. The molecular formula is C36H27NO. The Bertz CT molecular complexity index is 1600. The maximum Gasteiger partial charge on any atom is 0.132 e. The van der Waals surface area contributed by atoms with Crippen molar-refractivity contribution in [1.82, 2.24) is 4.98 Å². The fourth-order valence-corrected chi connectivity index (χ4v) is 5.23. The predicted octanol–water partition coefficient (Wildman–Crippen LogP) is 8.68. The number of aliphatic hydroxyl groups is 1. The van der Waals surface area contributed by atoms with Crippen molar-refractivity contribution >= 4 is 16.7 Å². The second-order valence-corrected chi connectivity index (χ2v) is 9.37. The topological polar surface area (TPSA) is 33.1 Å². The summed E-state index contributed by atoms with van der Waals surface area (Å²) in [4.78, 5) is 4.41. The summed E-state index contributed by atoms with van der Waals surface area (Å²) < 4.78 is 0. The molecule has 0 fully saturated rings. The average Bonchev–Trinajstić information content (AvgIpc) is 2.97. The van der Waals surface area contributed by atoms with Gasteiger partial charge in [0, 0.05) is 34.2 Å². The molecule has 182 valence electrons. The summed E-state index contributed by atoms with van der Waals surface area (Å²) in [6, 6.07) is 45.6. The first-order valence-corrected chi connectivity index (χ1v) is 12.8. The zero-order chi connectivity index (χ0) is 25.9. The number of hydrogen-bond acceptors (Lipinski definition) is 2. The SMILES string of the molecule is Cc1cc(C2=C(O)C(=C(c3ccccc3)c3ccccc3)C2=C(c2ccccc2)c2ccccc2)ccn1. The lowest BCUT2D eigenvalue weighted by molar-refractivity contribution is 0.421. The molecule has 2 heteroatoms. The maximum atomic E-state index is 11.9. The number of aliphatic hydroxyl groups excluding tert-OH is 1. The molecular weight excluding hydrogens is 462 g/mol. The van der Waals surface area contributed by atoms with Gasteiger partial charge >= 0.3 is 0 Å². The van der Waals surface area contributed by atoms with Crippen LogP contribution in [0.3, 0.4) is 0 Å². The third-order valence-corrected chi connectivity index (χ3v) is 6.91. The van der Waals surface area contributed by atoms with Crippen molar-refractivity contribution in [2.24, 2.45) is 0 Å². The molecule has 0 unspecified atom stereocenters. The Morgan fingerprint density at radius 2 is 0.921 bits per heavy atom. The molecule has 38 heavy (non-hydrogen) atoms. The van der Waals surface area contributed by atoms with Crippen LogP contribution in [0.15, 0.2) is 157 Å². The fraction of sp³-hybridized carbons (Fsp3) is 0.0278. The molecule has 0 atom stereocenters. The number of rotatable bonds is 5. The first kappa shape index (κ1) is 23.4. The van der Waals surface area contributed by atoms with Gasteiger partial charge in [-0.15, -0.1) is 0 Å². The Labute approximate surface area is 223 Å². The highest BCUT2D eigenvalue weighted by Crippen LogP contribution is 2.53. The minimum Gasteiger partial charge on any atom is -0.507 e. The summed E-state index contributed by atoms with van der Waals surface area (Å²) in [6.45, 7) is 1.98. The van der Waals surface area contributed by atoms with E-state index in [0.717, 1.165) is 61.4 Å². The van der Waals surface area contributed by atoms with Gasteiger partial charge in [-0.3, -0.25) is 4.98 Å². The number of pyridine rings is 1. The highest BCUT2D eigenvalue weighted by atomic mass is 16.3. The summed E-state index contributed by atoms with van der Waals surface area (Å²) in [5.74, 6) is 0.303. The molecule has 1 heterocycles. The lowest BCUT2D eigenvalue weighted by Gasteiger charge is -2.33. The van der Waals surface area contributed by atoms with Crippen molar-refractivity contribution in [3.63, 3.8) is 0 Å². The van der Waals surface area contributed by atoms with E-state index >= 15 is 0 Å². The molecule has 0 saturated carbocycles. The Kier molecular flexibility index (Phi) is 6.29. The van der Waals surface area contributed by atoms with Crippen molar-refractivity contribution < 1.29 is 5.11 Å². The monoisotopic (exact) mass is 489 g/mol. The van der Waals surface area contributed by atoms with Crippen molar-refractivity contribution in [2.45, 2.75) is 6.92 Å². The van der Waals surface area contributed by atoms with Crippen LogP contribution in [0.1, 0.15) is 33.5 Å². The van der Waals surface area contributed by atoms with E-state index in [0.29, 0.717) is 5.76 Å². The van der Waals surface area contributed by atoms with Gasteiger partial charge in [0.2, 0.25) is 0 Å². The van der Waals surface area contributed by atoms with Crippen LogP contribution < -0.4 is 0 Å². The van der Waals surface area contributed by atoms with Gasteiger partial charge in [-0.05, 0) is 52.4 Å². The molecule has 0 radical (unpaired) electrons. The molecule has 1 aromatic heterocycles. The van der Waals surface area contributed by atoms with E-state index in [1.54, 1.807) is 0 Å². The number of aryl methyl sites for hydroxylation is 1. The molecule has 0 amide bonds. The molecule has 1 N–H and O–H groups in total. The molecule has 5 aromatic rings. The van der Waals surface area contributed by atoms with E-state index in [2.05, 4.69) is 77.8 Å². The third-order valence-electron chi connectivity index (χ3n) is 6.91. The van der Waals surface area contributed by atoms with Crippen LogP contribution in [-0.2, 0) is 0 Å². The van der Waals surface area contributed by atoms with Crippen LogP contribution >= 0.6 is 0 Å². The van der Waals surface area contributed by atoms with Gasteiger partial charge in [0.1, 0.15) is 5.76 Å². The van der Waals surface area contributed by atoms with Gasteiger partial charge in [-0.25, -0.2) is 0 Å². The van der Waals surface area contributed by atoms with E-state index in [1.807, 2.05) is 73.8 Å². The zero-order valence-corrected chi connectivity index (χ0v) is 21.2. The maximum absolute atomic E-state index is 11.9. The standard InChI is InChI=1S/C36H27NO/c1-25-24-30(22-23-37-25)33-34(31(26-14-6-2-7-15-26)27-16-8-3-9-17-27)35(36(33)38)32(28-18-10-4-11-19-28)29-20-12-5-13-21-29/h2-24,38H,1H3. The number of benzene rings is 4. The smallest absolute Gasteiger partial charge is 0.132 e. The normalized spacial score (nSPS) is 12.8. The molecule has 2 nitrogen and oxygen atoms in total. The Morgan fingerprint density at radius 3 is 1.32 bits per heavy atom. The van der Waals surface area contributed by atoms with Crippen molar-refractivity contribution in [3.8, 4) is 0 Å². The third kappa shape index (κ3) is 4.27. The van der Waals surface area contributed by atoms with Crippen LogP contribution in [-0.4, -0.2) is 10.1 Å². The van der Waals surface area contributed by atoms with Gasteiger partial charge in [0.15, 0.2) is 0 Å².